The van der Waals surface area contributed by atoms with Crippen LogP contribution < -0.4 is 5.32 Å². The fraction of sp³-hybridized carbons (Fsp3) is 0.857. The van der Waals surface area contributed by atoms with Crippen molar-refractivity contribution in [1.29, 1.82) is 0 Å². The molecule has 0 aromatic rings. The Kier molecular flexibility index (Phi) is 4.76. The average molecular weight is 348 g/mol. The highest BCUT2D eigenvalue weighted by Gasteiger charge is 2.66. The fourth-order valence-electron chi connectivity index (χ4n) is 3.34. The van der Waals surface area contributed by atoms with Gasteiger partial charge in [0.25, 0.3) is 0 Å². The fourth-order valence-corrected chi connectivity index (χ4v) is 4.82. The van der Waals surface area contributed by atoms with Crippen molar-refractivity contribution < 1.29 is 27.9 Å². The second-order valence-electron chi connectivity index (χ2n) is 6.63. The third kappa shape index (κ3) is 2.97. The third-order valence-corrected chi connectivity index (χ3v) is 6.91. The number of carbonyl (C=O) groups is 2. The van der Waals surface area contributed by atoms with Crippen LogP contribution in [0.2, 0.25) is 0 Å². The number of hydrogen-bond donors (Lipinski definition) is 2. The molecule has 0 spiro atoms. The van der Waals surface area contributed by atoms with Crippen molar-refractivity contribution in [2.45, 2.75) is 45.3 Å². The molecule has 132 valence electrons. The van der Waals surface area contributed by atoms with Crippen LogP contribution in [-0.4, -0.2) is 66.8 Å². The Morgan fingerprint density at radius 1 is 1.39 bits per heavy atom. The number of nitrogens with one attached hydrogen (secondary N) is 1. The Hall–Kier alpha value is -1.19. The standard InChI is InChI=1S/C14H24N2O6S/c1-4-22-10-8-14(12(18)19,13(10,2)3)15-11(17)9-16-6-5-7-23(16,20)21/h10H,4-9H2,1-3H3,(H,15,17)(H,18,19). The third-order valence-electron chi connectivity index (χ3n) is 5.01. The van der Waals surface area contributed by atoms with Crippen molar-refractivity contribution >= 4 is 21.9 Å². The first kappa shape index (κ1) is 18.2. The Morgan fingerprint density at radius 3 is 2.48 bits per heavy atom. The van der Waals surface area contributed by atoms with Gasteiger partial charge in [-0.25, -0.2) is 13.2 Å². The maximum absolute atomic E-state index is 12.2. The van der Waals surface area contributed by atoms with Crippen LogP contribution in [0.1, 0.15) is 33.6 Å². The summed E-state index contributed by atoms with van der Waals surface area (Å²) in [5, 5.41) is 12.2. The lowest BCUT2D eigenvalue weighted by atomic mass is 9.54. The number of carbonyl (C=O) groups excluding carboxylic acids is 1. The van der Waals surface area contributed by atoms with Crippen LogP contribution in [0, 0.1) is 5.41 Å². The Bertz CT molecular complexity index is 602. The van der Waals surface area contributed by atoms with E-state index in [1.807, 2.05) is 6.92 Å². The Balaban J connectivity index is 2.09. The summed E-state index contributed by atoms with van der Waals surface area (Å²) in [7, 11) is -3.39. The molecule has 1 heterocycles. The number of hydrogen-bond acceptors (Lipinski definition) is 5. The summed E-state index contributed by atoms with van der Waals surface area (Å²) in [4.78, 5) is 24.0. The van der Waals surface area contributed by atoms with E-state index >= 15 is 0 Å². The molecule has 2 fully saturated rings. The van der Waals surface area contributed by atoms with E-state index in [1.54, 1.807) is 13.8 Å². The highest BCUT2D eigenvalue weighted by Crippen LogP contribution is 2.51. The summed E-state index contributed by atoms with van der Waals surface area (Å²) in [6.45, 7) is 5.71. The van der Waals surface area contributed by atoms with Gasteiger partial charge in [-0.2, -0.15) is 4.31 Å². The quantitative estimate of drug-likeness (QED) is 0.687. The largest absolute Gasteiger partial charge is 0.479 e. The Morgan fingerprint density at radius 2 is 2.04 bits per heavy atom. The van der Waals surface area contributed by atoms with E-state index in [0.717, 1.165) is 4.31 Å². The molecule has 2 rings (SSSR count). The molecular formula is C14H24N2O6S. The van der Waals surface area contributed by atoms with E-state index in [2.05, 4.69) is 5.32 Å². The van der Waals surface area contributed by atoms with Crippen molar-refractivity contribution in [1.82, 2.24) is 9.62 Å². The summed E-state index contributed by atoms with van der Waals surface area (Å²) in [6.07, 6.45) is 0.388. The molecule has 2 unspecified atom stereocenters. The predicted octanol–water partition coefficient (Wildman–Crippen LogP) is -0.203. The van der Waals surface area contributed by atoms with Gasteiger partial charge in [-0.05, 0) is 13.3 Å². The first-order valence-electron chi connectivity index (χ1n) is 7.70. The number of carboxylic acid groups (broad SMARTS) is 1. The number of rotatable bonds is 6. The van der Waals surface area contributed by atoms with E-state index in [0.29, 0.717) is 19.6 Å². The molecular weight excluding hydrogens is 324 g/mol. The molecule has 23 heavy (non-hydrogen) atoms. The predicted molar refractivity (Wildman–Crippen MR) is 82.3 cm³/mol. The molecule has 9 heteroatoms. The van der Waals surface area contributed by atoms with Crippen molar-refractivity contribution in [3.05, 3.63) is 0 Å². The summed E-state index contributed by atoms with van der Waals surface area (Å²) in [6, 6.07) is 0. The molecule has 8 nitrogen and oxygen atoms in total. The number of aliphatic carboxylic acids is 1. The zero-order chi connectivity index (χ0) is 17.5. The molecule has 2 atom stereocenters. The van der Waals surface area contributed by atoms with Gasteiger partial charge in [-0.15, -0.1) is 0 Å². The van der Waals surface area contributed by atoms with Gasteiger partial charge in [0.1, 0.15) is 5.54 Å². The smallest absolute Gasteiger partial charge is 0.330 e. The molecule has 0 bridgehead atoms. The summed E-state index contributed by atoms with van der Waals surface area (Å²) in [5.74, 6) is -1.69. The maximum Gasteiger partial charge on any atom is 0.330 e. The van der Waals surface area contributed by atoms with Crippen molar-refractivity contribution in [2.24, 2.45) is 5.41 Å². The molecule has 2 aliphatic rings. The minimum Gasteiger partial charge on any atom is -0.479 e. The summed E-state index contributed by atoms with van der Waals surface area (Å²) in [5.41, 5.74) is -2.22. The molecule has 1 amide bonds. The molecule has 1 aliphatic carbocycles. The van der Waals surface area contributed by atoms with Gasteiger partial charge >= 0.3 is 5.97 Å². The number of ether oxygens (including phenoxy) is 1. The van der Waals surface area contributed by atoms with Crippen molar-refractivity contribution in [3.63, 3.8) is 0 Å². The van der Waals surface area contributed by atoms with E-state index in [-0.39, 0.29) is 24.8 Å². The van der Waals surface area contributed by atoms with Gasteiger partial charge in [0.05, 0.1) is 18.4 Å². The van der Waals surface area contributed by atoms with Gasteiger partial charge < -0.3 is 15.2 Å². The zero-order valence-corrected chi connectivity index (χ0v) is 14.5. The van der Waals surface area contributed by atoms with Gasteiger partial charge in [-0.3, -0.25) is 4.79 Å². The van der Waals surface area contributed by atoms with Crippen molar-refractivity contribution in [2.75, 3.05) is 25.4 Å². The van der Waals surface area contributed by atoms with Gasteiger partial charge in [0, 0.05) is 25.0 Å². The molecule has 2 N–H and O–H groups in total. The second-order valence-corrected chi connectivity index (χ2v) is 8.72. The van der Waals surface area contributed by atoms with E-state index in [9.17, 15) is 23.1 Å². The highest BCUT2D eigenvalue weighted by atomic mass is 32.2. The number of carboxylic acids is 1. The SMILES string of the molecule is CCOC1CC(NC(=O)CN2CCCS2(=O)=O)(C(=O)O)C1(C)C. The minimum atomic E-state index is -3.39. The first-order chi connectivity index (χ1) is 10.6. The molecule has 1 aliphatic heterocycles. The van der Waals surface area contributed by atoms with Gasteiger partial charge in [-0.1, -0.05) is 13.8 Å². The van der Waals surface area contributed by atoms with E-state index in [1.165, 1.54) is 0 Å². The van der Waals surface area contributed by atoms with Crippen LogP contribution >= 0.6 is 0 Å². The molecule has 0 aromatic carbocycles. The lowest BCUT2D eigenvalue weighted by Gasteiger charge is -2.58. The summed E-state index contributed by atoms with van der Waals surface area (Å²) >= 11 is 0. The Labute approximate surface area is 136 Å². The van der Waals surface area contributed by atoms with Gasteiger partial charge in [0.2, 0.25) is 15.9 Å². The van der Waals surface area contributed by atoms with E-state index in [4.69, 9.17) is 4.74 Å². The lowest BCUT2D eigenvalue weighted by molar-refractivity contribution is -0.194. The molecule has 1 saturated heterocycles. The van der Waals surface area contributed by atoms with Crippen LogP contribution in [0.5, 0.6) is 0 Å². The second kappa shape index (κ2) is 6.03. The monoisotopic (exact) mass is 348 g/mol. The van der Waals surface area contributed by atoms with Crippen LogP contribution in [0.15, 0.2) is 0 Å². The molecule has 1 saturated carbocycles. The van der Waals surface area contributed by atoms with Crippen LogP contribution in [0.25, 0.3) is 0 Å². The summed E-state index contributed by atoms with van der Waals surface area (Å²) < 4.78 is 30.1. The maximum atomic E-state index is 12.2. The zero-order valence-electron chi connectivity index (χ0n) is 13.7. The molecule has 0 radical (unpaired) electrons. The number of nitrogens with zero attached hydrogens (tertiary/aromatic N) is 1. The van der Waals surface area contributed by atoms with E-state index < -0.39 is 32.9 Å². The highest BCUT2D eigenvalue weighted by molar-refractivity contribution is 7.89. The normalized spacial score (nSPS) is 32.2. The number of amides is 1. The minimum absolute atomic E-state index is 0.0300. The van der Waals surface area contributed by atoms with Crippen LogP contribution in [-0.2, 0) is 24.3 Å². The van der Waals surface area contributed by atoms with Crippen LogP contribution in [0.3, 0.4) is 0 Å². The lowest BCUT2D eigenvalue weighted by Crippen LogP contribution is -2.76. The van der Waals surface area contributed by atoms with Crippen LogP contribution in [0.4, 0.5) is 0 Å². The van der Waals surface area contributed by atoms with Gasteiger partial charge in [0.15, 0.2) is 0 Å². The number of sulfonamides is 1. The average Bonchev–Trinajstić information content (AvgIpc) is 2.76. The molecule has 0 aromatic heterocycles. The topological polar surface area (TPSA) is 113 Å². The first-order valence-corrected chi connectivity index (χ1v) is 9.31. The van der Waals surface area contributed by atoms with Crippen molar-refractivity contribution in [3.8, 4) is 0 Å².